The fourth-order valence-electron chi connectivity index (χ4n) is 3.88. The molecule has 146 valence electrons. The number of hydrogen-bond acceptors (Lipinski definition) is 4. The van der Waals surface area contributed by atoms with Crippen LogP contribution in [0.3, 0.4) is 0 Å². The summed E-state index contributed by atoms with van der Waals surface area (Å²) in [7, 11) is 1.66. The second-order valence-electron chi connectivity index (χ2n) is 7.46. The molecular formula is C22H30ClN3O. The lowest BCUT2D eigenvalue weighted by Crippen LogP contribution is -2.43. The SMILES string of the molecule is COc1c(C)cc(C(C)NC2CCN(CCc3ccncc3)CC2)cc1Cl. The van der Waals surface area contributed by atoms with Crippen molar-refractivity contribution in [1.82, 2.24) is 15.2 Å². The van der Waals surface area contributed by atoms with E-state index in [1.807, 2.05) is 25.4 Å². The monoisotopic (exact) mass is 387 g/mol. The van der Waals surface area contributed by atoms with E-state index < -0.39 is 0 Å². The zero-order chi connectivity index (χ0) is 19.2. The van der Waals surface area contributed by atoms with E-state index in [1.54, 1.807) is 7.11 Å². The Labute approximate surface area is 167 Å². The summed E-state index contributed by atoms with van der Waals surface area (Å²) in [6.07, 6.45) is 7.22. The number of nitrogens with zero attached hydrogens (tertiary/aromatic N) is 2. The van der Waals surface area contributed by atoms with Gasteiger partial charge in [0.15, 0.2) is 0 Å². The van der Waals surface area contributed by atoms with Crippen LogP contribution in [0.5, 0.6) is 5.75 Å². The van der Waals surface area contributed by atoms with Gasteiger partial charge in [-0.2, -0.15) is 0 Å². The zero-order valence-electron chi connectivity index (χ0n) is 16.5. The van der Waals surface area contributed by atoms with Crippen molar-refractivity contribution in [2.24, 2.45) is 0 Å². The van der Waals surface area contributed by atoms with Gasteiger partial charge in [-0.3, -0.25) is 4.98 Å². The first-order valence-corrected chi connectivity index (χ1v) is 10.2. The topological polar surface area (TPSA) is 37.4 Å². The predicted molar refractivity (Wildman–Crippen MR) is 112 cm³/mol. The van der Waals surface area contributed by atoms with Crippen LogP contribution in [0.25, 0.3) is 0 Å². The molecule has 0 amide bonds. The highest BCUT2D eigenvalue weighted by molar-refractivity contribution is 6.32. The molecule has 1 fully saturated rings. The van der Waals surface area contributed by atoms with Crippen LogP contribution in [0.2, 0.25) is 5.02 Å². The van der Waals surface area contributed by atoms with Crippen molar-refractivity contribution in [3.05, 3.63) is 58.4 Å². The van der Waals surface area contributed by atoms with Crippen LogP contribution in [0.1, 0.15) is 42.5 Å². The number of aromatic nitrogens is 1. The van der Waals surface area contributed by atoms with Gasteiger partial charge >= 0.3 is 0 Å². The van der Waals surface area contributed by atoms with Crippen molar-refractivity contribution < 1.29 is 4.74 Å². The Balaban J connectivity index is 1.47. The van der Waals surface area contributed by atoms with Gasteiger partial charge in [0.05, 0.1) is 12.1 Å². The molecule has 0 aliphatic carbocycles. The Bertz CT molecular complexity index is 707. The van der Waals surface area contributed by atoms with Gasteiger partial charge in [-0.05, 0) is 81.1 Å². The number of hydrogen-bond donors (Lipinski definition) is 1. The van der Waals surface area contributed by atoms with Crippen LogP contribution >= 0.6 is 11.6 Å². The van der Waals surface area contributed by atoms with E-state index >= 15 is 0 Å². The molecule has 1 atom stereocenters. The van der Waals surface area contributed by atoms with Gasteiger partial charge in [0, 0.05) is 31.0 Å². The van der Waals surface area contributed by atoms with E-state index in [4.69, 9.17) is 16.3 Å². The first-order chi connectivity index (χ1) is 13.1. The largest absolute Gasteiger partial charge is 0.495 e. The van der Waals surface area contributed by atoms with E-state index in [0.717, 1.165) is 37.4 Å². The van der Waals surface area contributed by atoms with Crippen LogP contribution in [0, 0.1) is 6.92 Å². The fraction of sp³-hybridized carbons (Fsp3) is 0.500. The Hall–Kier alpha value is -1.62. The second-order valence-corrected chi connectivity index (χ2v) is 7.87. The zero-order valence-corrected chi connectivity index (χ0v) is 17.3. The second kappa shape index (κ2) is 9.54. The van der Waals surface area contributed by atoms with Crippen molar-refractivity contribution in [1.29, 1.82) is 0 Å². The summed E-state index contributed by atoms with van der Waals surface area (Å²) in [5, 5.41) is 4.47. The number of methoxy groups -OCH3 is 1. The molecule has 2 heterocycles. The number of nitrogens with one attached hydrogen (secondary N) is 1. The summed E-state index contributed by atoms with van der Waals surface area (Å²) in [6.45, 7) is 7.69. The average Bonchev–Trinajstić information content (AvgIpc) is 2.68. The van der Waals surface area contributed by atoms with E-state index in [9.17, 15) is 0 Å². The Morgan fingerprint density at radius 3 is 2.59 bits per heavy atom. The maximum Gasteiger partial charge on any atom is 0.140 e. The van der Waals surface area contributed by atoms with Gasteiger partial charge < -0.3 is 15.0 Å². The maximum atomic E-state index is 6.36. The third kappa shape index (κ3) is 5.44. The summed E-state index contributed by atoms with van der Waals surface area (Å²) >= 11 is 6.36. The predicted octanol–water partition coefficient (Wildman–Crippen LogP) is 4.41. The smallest absolute Gasteiger partial charge is 0.140 e. The van der Waals surface area contributed by atoms with Gasteiger partial charge in [0.1, 0.15) is 5.75 Å². The number of benzene rings is 1. The third-order valence-electron chi connectivity index (χ3n) is 5.50. The molecule has 1 aliphatic heterocycles. The van der Waals surface area contributed by atoms with E-state index in [0.29, 0.717) is 11.1 Å². The molecule has 1 saturated heterocycles. The van der Waals surface area contributed by atoms with E-state index in [1.165, 1.54) is 24.0 Å². The minimum atomic E-state index is 0.278. The summed E-state index contributed by atoms with van der Waals surface area (Å²) in [5.74, 6) is 0.773. The normalized spacial score (nSPS) is 17.0. The molecule has 1 aliphatic rings. The quantitative estimate of drug-likeness (QED) is 0.763. The molecule has 0 bridgehead atoms. The van der Waals surface area contributed by atoms with E-state index in [-0.39, 0.29) is 6.04 Å². The molecule has 1 aromatic heterocycles. The van der Waals surface area contributed by atoms with Crippen molar-refractivity contribution in [3.63, 3.8) is 0 Å². The molecule has 1 unspecified atom stereocenters. The Kier molecular flexibility index (Phi) is 7.11. The first-order valence-electron chi connectivity index (χ1n) is 9.78. The summed E-state index contributed by atoms with van der Waals surface area (Å²) in [6, 6.07) is 9.25. The summed E-state index contributed by atoms with van der Waals surface area (Å²) in [5.41, 5.74) is 3.67. The number of halogens is 1. The van der Waals surface area contributed by atoms with Crippen LogP contribution in [-0.4, -0.2) is 42.7 Å². The molecule has 3 rings (SSSR count). The number of ether oxygens (including phenoxy) is 1. The lowest BCUT2D eigenvalue weighted by atomic mass is 10.00. The van der Waals surface area contributed by atoms with Gasteiger partial charge in [-0.25, -0.2) is 0 Å². The number of likely N-dealkylation sites (tertiary alicyclic amines) is 1. The standard InChI is InChI=1S/C22H30ClN3O/c1-16-14-19(15-21(23)22(16)27-3)17(2)25-20-7-12-26(13-8-20)11-6-18-4-9-24-10-5-18/h4-5,9-10,14-15,17,20,25H,6-8,11-13H2,1-3H3. The number of aryl methyl sites for hydroxylation is 1. The molecule has 27 heavy (non-hydrogen) atoms. The number of piperidine rings is 1. The highest BCUT2D eigenvalue weighted by Crippen LogP contribution is 2.32. The van der Waals surface area contributed by atoms with Crippen LogP contribution in [-0.2, 0) is 6.42 Å². The van der Waals surface area contributed by atoms with Gasteiger partial charge in [-0.15, -0.1) is 0 Å². The third-order valence-corrected chi connectivity index (χ3v) is 5.78. The highest BCUT2D eigenvalue weighted by atomic mass is 35.5. The molecule has 1 N–H and O–H groups in total. The molecule has 0 saturated carbocycles. The van der Waals surface area contributed by atoms with Crippen molar-refractivity contribution >= 4 is 11.6 Å². The minimum absolute atomic E-state index is 0.278. The van der Waals surface area contributed by atoms with Gasteiger partial charge in [0.25, 0.3) is 0 Å². The van der Waals surface area contributed by atoms with Crippen molar-refractivity contribution in [2.45, 2.75) is 45.2 Å². The summed E-state index contributed by atoms with van der Waals surface area (Å²) in [4.78, 5) is 6.65. The number of pyridine rings is 1. The average molecular weight is 388 g/mol. The Morgan fingerprint density at radius 1 is 1.26 bits per heavy atom. The lowest BCUT2D eigenvalue weighted by Gasteiger charge is -2.34. The van der Waals surface area contributed by atoms with Gasteiger partial charge in [0.2, 0.25) is 0 Å². The molecule has 1 aromatic carbocycles. The molecule has 4 nitrogen and oxygen atoms in total. The van der Waals surface area contributed by atoms with Crippen LogP contribution in [0.4, 0.5) is 0 Å². The Morgan fingerprint density at radius 2 is 1.96 bits per heavy atom. The summed E-state index contributed by atoms with van der Waals surface area (Å²) < 4.78 is 5.37. The molecule has 2 aromatic rings. The van der Waals surface area contributed by atoms with Crippen LogP contribution in [0.15, 0.2) is 36.7 Å². The van der Waals surface area contributed by atoms with Crippen LogP contribution < -0.4 is 10.1 Å². The number of rotatable bonds is 7. The molecule has 0 spiro atoms. The molecular weight excluding hydrogens is 358 g/mol. The first kappa shape index (κ1) is 20.1. The van der Waals surface area contributed by atoms with E-state index in [2.05, 4.69) is 40.3 Å². The van der Waals surface area contributed by atoms with Gasteiger partial charge in [-0.1, -0.05) is 17.7 Å². The lowest BCUT2D eigenvalue weighted by molar-refractivity contribution is 0.194. The highest BCUT2D eigenvalue weighted by Gasteiger charge is 2.21. The fourth-order valence-corrected chi connectivity index (χ4v) is 4.23. The maximum absolute atomic E-state index is 6.36. The minimum Gasteiger partial charge on any atom is -0.495 e. The molecule has 5 heteroatoms. The molecule has 0 radical (unpaired) electrons. The van der Waals surface area contributed by atoms with Crippen molar-refractivity contribution in [2.75, 3.05) is 26.7 Å². The van der Waals surface area contributed by atoms with Crippen molar-refractivity contribution in [3.8, 4) is 5.75 Å².